The zero-order valence-electron chi connectivity index (χ0n) is 17.0. The van der Waals surface area contributed by atoms with E-state index < -0.39 is 11.6 Å². The number of hydrogen-bond acceptors (Lipinski definition) is 3. The summed E-state index contributed by atoms with van der Waals surface area (Å²) in [6.07, 6.45) is 2.34. The zero-order valence-corrected chi connectivity index (χ0v) is 20.1. The molecular formula is C21H29F2IN4S. The van der Waals surface area contributed by atoms with Gasteiger partial charge in [0, 0.05) is 24.5 Å². The Morgan fingerprint density at radius 3 is 2.76 bits per heavy atom. The van der Waals surface area contributed by atoms with E-state index in [9.17, 15) is 8.78 Å². The maximum atomic E-state index is 13.5. The summed E-state index contributed by atoms with van der Waals surface area (Å²) in [4.78, 5) is 8.13. The molecule has 0 saturated carbocycles. The Morgan fingerprint density at radius 2 is 2.10 bits per heavy atom. The van der Waals surface area contributed by atoms with Crippen LogP contribution in [0.2, 0.25) is 0 Å². The van der Waals surface area contributed by atoms with E-state index in [-0.39, 0.29) is 30.0 Å². The lowest BCUT2D eigenvalue weighted by Gasteiger charge is -2.39. The Hall–Kier alpha value is -1.26. The van der Waals surface area contributed by atoms with Crippen LogP contribution in [0.25, 0.3) is 0 Å². The third-order valence-electron chi connectivity index (χ3n) is 5.39. The summed E-state index contributed by atoms with van der Waals surface area (Å²) in [6, 6.07) is 8.50. The highest BCUT2D eigenvalue weighted by atomic mass is 127. The van der Waals surface area contributed by atoms with Gasteiger partial charge in [-0.25, -0.2) is 8.78 Å². The molecule has 4 nitrogen and oxygen atoms in total. The highest BCUT2D eigenvalue weighted by molar-refractivity contribution is 14.0. The highest BCUT2D eigenvalue weighted by Crippen LogP contribution is 2.36. The second kappa shape index (κ2) is 11.2. The Kier molecular flexibility index (Phi) is 9.29. The first-order valence-corrected chi connectivity index (χ1v) is 10.5. The molecule has 3 atom stereocenters. The van der Waals surface area contributed by atoms with E-state index >= 15 is 0 Å². The topological polar surface area (TPSA) is 39.7 Å². The van der Waals surface area contributed by atoms with Gasteiger partial charge in [-0.3, -0.25) is 9.89 Å². The molecule has 0 bridgehead atoms. The number of guanidine groups is 1. The van der Waals surface area contributed by atoms with E-state index in [4.69, 9.17) is 0 Å². The second-order valence-electron chi connectivity index (χ2n) is 7.34. The van der Waals surface area contributed by atoms with Crippen LogP contribution in [0, 0.1) is 17.6 Å². The van der Waals surface area contributed by atoms with Gasteiger partial charge in [0.15, 0.2) is 17.6 Å². The maximum absolute atomic E-state index is 13.5. The molecule has 1 aliphatic rings. The van der Waals surface area contributed by atoms with Crippen LogP contribution in [0.4, 0.5) is 8.78 Å². The van der Waals surface area contributed by atoms with Crippen molar-refractivity contribution in [2.24, 2.45) is 10.9 Å². The van der Waals surface area contributed by atoms with Crippen molar-refractivity contribution >= 4 is 41.3 Å². The van der Waals surface area contributed by atoms with Crippen molar-refractivity contribution in [3.05, 3.63) is 57.8 Å². The summed E-state index contributed by atoms with van der Waals surface area (Å²) in [5.41, 5.74) is 0.677. The average Bonchev–Trinajstić information content (AvgIpc) is 3.21. The molecule has 1 aliphatic heterocycles. The molecule has 3 unspecified atom stereocenters. The van der Waals surface area contributed by atoms with Gasteiger partial charge in [0.05, 0.1) is 6.04 Å². The summed E-state index contributed by atoms with van der Waals surface area (Å²) in [5.74, 6) is -0.525. The molecule has 0 radical (unpaired) electrons. The summed E-state index contributed by atoms with van der Waals surface area (Å²) in [6.45, 7) is 3.82. The number of thiophene rings is 1. The highest BCUT2D eigenvalue weighted by Gasteiger charge is 2.31. The third kappa shape index (κ3) is 6.11. The minimum Gasteiger partial charge on any atom is -0.356 e. The van der Waals surface area contributed by atoms with Crippen molar-refractivity contribution < 1.29 is 8.78 Å². The Labute approximate surface area is 192 Å². The molecular weight excluding hydrogens is 505 g/mol. The molecule has 0 spiro atoms. The fourth-order valence-electron chi connectivity index (χ4n) is 3.88. The molecule has 3 rings (SSSR count). The van der Waals surface area contributed by atoms with Crippen LogP contribution in [0.3, 0.4) is 0 Å². The van der Waals surface area contributed by atoms with Crippen LogP contribution >= 0.6 is 35.3 Å². The number of hydrogen-bond donors (Lipinski definition) is 2. The zero-order chi connectivity index (χ0) is 20.1. The summed E-state index contributed by atoms with van der Waals surface area (Å²) in [5, 5.41) is 8.83. The van der Waals surface area contributed by atoms with Gasteiger partial charge in [-0.1, -0.05) is 12.1 Å². The normalized spacial score (nSPS) is 21.3. The SMILES string of the molecule is CN=C(NCC1CCCN(C)C1c1cccs1)NC(C)c1ccc(F)c(F)c1.I. The van der Waals surface area contributed by atoms with Crippen LogP contribution < -0.4 is 10.6 Å². The van der Waals surface area contributed by atoms with Gasteiger partial charge in [-0.15, -0.1) is 35.3 Å². The molecule has 0 amide bonds. The predicted molar refractivity (Wildman–Crippen MR) is 127 cm³/mol. The largest absolute Gasteiger partial charge is 0.356 e. The Bertz CT molecular complexity index is 800. The van der Waals surface area contributed by atoms with Crippen molar-refractivity contribution in [2.45, 2.75) is 31.8 Å². The molecule has 2 aromatic rings. The van der Waals surface area contributed by atoms with E-state index in [0.29, 0.717) is 23.5 Å². The number of benzene rings is 1. The minimum atomic E-state index is -0.835. The van der Waals surface area contributed by atoms with E-state index in [1.54, 1.807) is 24.5 Å². The van der Waals surface area contributed by atoms with Crippen LogP contribution in [0.5, 0.6) is 0 Å². The van der Waals surface area contributed by atoms with Crippen molar-refractivity contribution in [1.82, 2.24) is 15.5 Å². The number of piperidine rings is 1. The van der Waals surface area contributed by atoms with E-state index in [1.165, 1.54) is 17.4 Å². The van der Waals surface area contributed by atoms with Gasteiger partial charge in [0.2, 0.25) is 0 Å². The number of aliphatic imine (C=N–C) groups is 1. The molecule has 8 heteroatoms. The molecule has 1 saturated heterocycles. The number of nitrogens with one attached hydrogen (secondary N) is 2. The van der Waals surface area contributed by atoms with Crippen molar-refractivity contribution in [2.75, 3.05) is 27.2 Å². The predicted octanol–water partition coefficient (Wildman–Crippen LogP) is 4.95. The molecule has 2 heterocycles. The first-order chi connectivity index (χ1) is 13.5. The Morgan fingerprint density at radius 1 is 1.31 bits per heavy atom. The van der Waals surface area contributed by atoms with Crippen LogP contribution in [0.1, 0.15) is 42.3 Å². The van der Waals surface area contributed by atoms with Gasteiger partial charge >= 0.3 is 0 Å². The van der Waals surface area contributed by atoms with Crippen molar-refractivity contribution in [3.63, 3.8) is 0 Å². The van der Waals surface area contributed by atoms with E-state index in [2.05, 4.69) is 45.1 Å². The lowest BCUT2D eigenvalue weighted by molar-refractivity contribution is 0.125. The van der Waals surface area contributed by atoms with Gasteiger partial charge in [0.1, 0.15) is 0 Å². The molecule has 1 aromatic heterocycles. The smallest absolute Gasteiger partial charge is 0.191 e. The van der Waals surface area contributed by atoms with E-state index in [1.807, 2.05) is 6.92 Å². The number of rotatable bonds is 5. The number of halogens is 3. The monoisotopic (exact) mass is 534 g/mol. The number of nitrogens with zero attached hydrogens (tertiary/aromatic N) is 2. The molecule has 0 aliphatic carbocycles. The number of likely N-dealkylation sites (tertiary alicyclic amines) is 1. The molecule has 1 fully saturated rings. The second-order valence-corrected chi connectivity index (χ2v) is 8.32. The first kappa shape index (κ1) is 24.0. The lowest BCUT2D eigenvalue weighted by atomic mass is 9.88. The summed E-state index contributed by atoms with van der Waals surface area (Å²) >= 11 is 1.81. The van der Waals surface area contributed by atoms with Crippen LogP contribution in [0.15, 0.2) is 40.7 Å². The lowest BCUT2D eigenvalue weighted by Crippen LogP contribution is -2.45. The van der Waals surface area contributed by atoms with Gasteiger partial charge in [-0.2, -0.15) is 0 Å². The average molecular weight is 534 g/mol. The quantitative estimate of drug-likeness (QED) is 0.324. The Balaban J connectivity index is 0.00000300. The molecule has 1 aromatic carbocycles. The van der Waals surface area contributed by atoms with Gasteiger partial charge < -0.3 is 10.6 Å². The molecule has 160 valence electrons. The van der Waals surface area contributed by atoms with Crippen LogP contribution in [-0.2, 0) is 0 Å². The summed E-state index contributed by atoms with van der Waals surface area (Å²) in [7, 11) is 3.91. The first-order valence-electron chi connectivity index (χ1n) is 9.65. The standard InChI is InChI=1S/C21H28F2N4S.HI/c1-14(15-8-9-17(22)18(23)12-15)26-21(24-2)25-13-16-6-4-10-27(3)20(16)19-7-5-11-28-19;/h5,7-9,11-12,14,16,20H,4,6,10,13H2,1-3H3,(H2,24,25,26);1H. The fourth-order valence-corrected chi connectivity index (χ4v) is 4.86. The molecule has 2 N–H and O–H groups in total. The van der Waals surface area contributed by atoms with Crippen LogP contribution in [-0.4, -0.2) is 38.0 Å². The molecule has 29 heavy (non-hydrogen) atoms. The van der Waals surface area contributed by atoms with E-state index in [0.717, 1.165) is 25.6 Å². The van der Waals surface area contributed by atoms with Gasteiger partial charge in [0.25, 0.3) is 0 Å². The minimum absolute atomic E-state index is 0. The third-order valence-corrected chi connectivity index (χ3v) is 6.34. The van der Waals surface area contributed by atoms with Crippen molar-refractivity contribution in [3.8, 4) is 0 Å². The van der Waals surface area contributed by atoms with Crippen molar-refractivity contribution in [1.29, 1.82) is 0 Å². The fraction of sp³-hybridized carbons (Fsp3) is 0.476. The maximum Gasteiger partial charge on any atom is 0.191 e. The van der Waals surface area contributed by atoms with Gasteiger partial charge in [-0.05, 0) is 68.4 Å². The summed E-state index contributed by atoms with van der Waals surface area (Å²) < 4.78 is 26.7.